The number of aliphatic hydroxyl groups excluding tert-OH is 1. The van der Waals surface area contributed by atoms with Crippen LogP contribution in [-0.4, -0.2) is 32.1 Å². The summed E-state index contributed by atoms with van der Waals surface area (Å²) in [7, 11) is 0. The highest BCUT2D eigenvalue weighted by Gasteiger charge is 2.21. The molecule has 0 aliphatic carbocycles. The maximum absolute atomic E-state index is 11.0. The Kier molecular flexibility index (Phi) is 4.16. The van der Waals surface area contributed by atoms with Gasteiger partial charge in [0.1, 0.15) is 17.0 Å². The average Bonchev–Trinajstić information content (AvgIpc) is 3.00. The van der Waals surface area contributed by atoms with E-state index in [9.17, 15) is 15.2 Å². The van der Waals surface area contributed by atoms with Gasteiger partial charge in [-0.3, -0.25) is 10.1 Å². The largest absolute Gasteiger partial charge is 0.394 e. The summed E-state index contributed by atoms with van der Waals surface area (Å²) in [5.74, 6) is 0.599. The molecular formula is C16H16N4O3S. The number of anilines is 1. The van der Waals surface area contributed by atoms with Gasteiger partial charge in [-0.1, -0.05) is 12.1 Å². The van der Waals surface area contributed by atoms with E-state index in [0.717, 1.165) is 21.3 Å². The SMILES string of the molecule is CC(C)(CO)Nc1ncnc2scc(-c3cccc([N+](=O)[O-])c3)c12. The van der Waals surface area contributed by atoms with Crippen LogP contribution in [0.3, 0.4) is 0 Å². The Bertz CT molecular complexity index is 907. The summed E-state index contributed by atoms with van der Waals surface area (Å²) in [5, 5.41) is 26.4. The first-order chi connectivity index (χ1) is 11.4. The number of hydrogen-bond donors (Lipinski definition) is 2. The molecule has 8 heteroatoms. The van der Waals surface area contributed by atoms with Crippen molar-refractivity contribution in [3.05, 3.63) is 46.1 Å². The zero-order valence-corrected chi connectivity index (χ0v) is 14.0. The van der Waals surface area contributed by atoms with Gasteiger partial charge in [-0.15, -0.1) is 11.3 Å². The summed E-state index contributed by atoms with van der Waals surface area (Å²) < 4.78 is 0. The van der Waals surface area contributed by atoms with Gasteiger partial charge in [-0.25, -0.2) is 9.97 Å². The van der Waals surface area contributed by atoms with Crippen molar-refractivity contribution >= 4 is 33.1 Å². The van der Waals surface area contributed by atoms with E-state index in [1.54, 1.807) is 6.07 Å². The molecule has 0 fully saturated rings. The van der Waals surface area contributed by atoms with Gasteiger partial charge in [0.2, 0.25) is 0 Å². The summed E-state index contributed by atoms with van der Waals surface area (Å²) in [6.07, 6.45) is 1.46. The zero-order chi connectivity index (χ0) is 17.3. The standard InChI is InChI=1S/C16H16N4O3S/c1-16(2,8-21)19-14-13-12(7-24-15(13)18-9-17-14)10-4-3-5-11(6-10)20(22)23/h3-7,9,21H,8H2,1-2H3,(H,17,18,19). The van der Waals surface area contributed by atoms with E-state index in [4.69, 9.17) is 0 Å². The minimum atomic E-state index is -0.552. The Morgan fingerprint density at radius 2 is 2.17 bits per heavy atom. The van der Waals surface area contributed by atoms with E-state index in [1.807, 2.05) is 25.3 Å². The normalized spacial score (nSPS) is 11.6. The lowest BCUT2D eigenvalue weighted by Gasteiger charge is -2.24. The molecule has 0 amide bonds. The second kappa shape index (κ2) is 6.14. The Balaban J connectivity index is 2.16. The van der Waals surface area contributed by atoms with Crippen LogP contribution in [-0.2, 0) is 0 Å². The molecule has 0 saturated carbocycles. The number of thiophene rings is 1. The van der Waals surface area contributed by atoms with Gasteiger partial charge in [-0.2, -0.15) is 0 Å². The van der Waals surface area contributed by atoms with Crippen molar-refractivity contribution in [2.24, 2.45) is 0 Å². The molecular weight excluding hydrogens is 328 g/mol. The topological polar surface area (TPSA) is 101 Å². The molecule has 0 aliphatic rings. The lowest BCUT2D eigenvalue weighted by atomic mass is 10.0. The molecule has 124 valence electrons. The minimum absolute atomic E-state index is 0.0360. The van der Waals surface area contributed by atoms with Gasteiger partial charge < -0.3 is 10.4 Å². The van der Waals surface area contributed by atoms with E-state index < -0.39 is 10.5 Å². The third-order valence-electron chi connectivity index (χ3n) is 3.59. The molecule has 3 aromatic rings. The number of rotatable bonds is 5. The van der Waals surface area contributed by atoms with Crippen molar-refractivity contribution in [1.29, 1.82) is 0 Å². The van der Waals surface area contributed by atoms with Crippen LogP contribution in [0.2, 0.25) is 0 Å². The number of aliphatic hydroxyl groups is 1. The van der Waals surface area contributed by atoms with Crippen molar-refractivity contribution in [2.75, 3.05) is 11.9 Å². The number of non-ortho nitro benzene ring substituents is 1. The van der Waals surface area contributed by atoms with Crippen molar-refractivity contribution < 1.29 is 10.0 Å². The van der Waals surface area contributed by atoms with Crippen molar-refractivity contribution in [2.45, 2.75) is 19.4 Å². The van der Waals surface area contributed by atoms with Gasteiger partial charge in [0.15, 0.2) is 0 Å². The lowest BCUT2D eigenvalue weighted by Crippen LogP contribution is -2.35. The molecule has 2 heterocycles. The quantitative estimate of drug-likeness (QED) is 0.543. The molecule has 2 aromatic heterocycles. The van der Waals surface area contributed by atoms with E-state index in [1.165, 1.54) is 29.8 Å². The fourth-order valence-electron chi connectivity index (χ4n) is 2.33. The third-order valence-corrected chi connectivity index (χ3v) is 4.48. The molecule has 24 heavy (non-hydrogen) atoms. The van der Waals surface area contributed by atoms with Crippen molar-refractivity contribution in [3.8, 4) is 11.1 Å². The molecule has 0 radical (unpaired) electrons. The molecule has 7 nitrogen and oxygen atoms in total. The van der Waals surface area contributed by atoms with Gasteiger partial charge in [0, 0.05) is 23.1 Å². The molecule has 1 aromatic carbocycles. The van der Waals surface area contributed by atoms with Gasteiger partial charge in [0.05, 0.1) is 22.5 Å². The van der Waals surface area contributed by atoms with Crippen molar-refractivity contribution in [3.63, 3.8) is 0 Å². The molecule has 2 N–H and O–H groups in total. The van der Waals surface area contributed by atoms with E-state index >= 15 is 0 Å². The van der Waals surface area contributed by atoms with E-state index in [0.29, 0.717) is 5.82 Å². The van der Waals surface area contributed by atoms with Crippen LogP contribution in [0.15, 0.2) is 36.0 Å². The summed E-state index contributed by atoms with van der Waals surface area (Å²) >= 11 is 1.45. The number of nitro groups is 1. The highest BCUT2D eigenvalue weighted by atomic mass is 32.1. The second-order valence-electron chi connectivity index (χ2n) is 6.03. The molecule has 0 aliphatic heterocycles. The van der Waals surface area contributed by atoms with Crippen LogP contribution < -0.4 is 5.32 Å². The molecule has 0 saturated heterocycles. The lowest BCUT2D eigenvalue weighted by molar-refractivity contribution is -0.384. The summed E-state index contributed by atoms with van der Waals surface area (Å²) in [5.41, 5.74) is 1.04. The zero-order valence-electron chi connectivity index (χ0n) is 13.2. The first kappa shape index (κ1) is 16.3. The first-order valence-electron chi connectivity index (χ1n) is 7.27. The van der Waals surface area contributed by atoms with Crippen LogP contribution in [0.1, 0.15) is 13.8 Å². The second-order valence-corrected chi connectivity index (χ2v) is 6.88. The fraction of sp³-hybridized carbons (Fsp3) is 0.250. The van der Waals surface area contributed by atoms with Gasteiger partial charge in [-0.05, 0) is 19.4 Å². The summed E-state index contributed by atoms with van der Waals surface area (Å²) in [6, 6.07) is 6.48. The first-order valence-corrected chi connectivity index (χ1v) is 8.15. The predicted octanol–water partition coefficient (Wildman–Crippen LogP) is 3.45. The summed E-state index contributed by atoms with van der Waals surface area (Å²) in [4.78, 5) is 20.0. The highest BCUT2D eigenvalue weighted by molar-refractivity contribution is 7.17. The van der Waals surface area contributed by atoms with Gasteiger partial charge >= 0.3 is 0 Å². The Hall–Kier alpha value is -2.58. The number of aromatic nitrogens is 2. The maximum atomic E-state index is 11.0. The van der Waals surface area contributed by atoms with Crippen LogP contribution in [0.4, 0.5) is 11.5 Å². The third kappa shape index (κ3) is 3.06. The van der Waals surface area contributed by atoms with E-state index in [2.05, 4.69) is 15.3 Å². The maximum Gasteiger partial charge on any atom is 0.270 e. The van der Waals surface area contributed by atoms with E-state index in [-0.39, 0.29) is 12.3 Å². The number of nitrogens with zero attached hydrogens (tertiary/aromatic N) is 3. The van der Waals surface area contributed by atoms with Gasteiger partial charge in [0.25, 0.3) is 5.69 Å². The Morgan fingerprint density at radius 1 is 1.38 bits per heavy atom. The smallest absolute Gasteiger partial charge is 0.270 e. The highest BCUT2D eigenvalue weighted by Crippen LogP contribution is 2.38. The predicted molar refractivity (Wildman–Crippen MR) is 94.3 cm³/mol. The number of hydrogen-bond acceptors (Lipinski definition) is 7. The average molecular weight is 344 g/mol. The molecule has 0 spiro atoms. The Labute approximate surface area is 142 Å². The molecule has 3 rings (SSSR count). The molecule has 0 bridgehead atoms. The Morgan fingerprint density at radius 3 is 2.88 bits per heavy atom. The number of nitrogens with one attached hydrogen (secondary N) is 1. The number of nitro benzene ring substituents is 1. The van der Waals surface area contributed by atoms with Crippen LogP contribution >= 0.6 is 11.3 Å². The number of fused-ring (bicyclic) bond motifs is 1. The fourth-order valence-corrected chi connectivity index (χ4v) is 3.25. The van der Waals surface area contributed by atoms with Crippen molar-refractivity contribution in [1.82, 2.24) is 9.97 Å². The van der Waals surface area contributed by atoms with Crippen LogP contribution in [0, 0.1) is 10.1 Å². The summed E-state index contributed by atoms with van der Waals surface area (Å²) in [6.45, 7) is 3.66. The molecule has 0 unspecified atom stereocenters. The van der Waals surface area contributed by atoms with Crippen LogP contribution in [0.25, 0.3) is 21.3 Å². The number of benzene rings is 1. The molecule has 0 atom stereocenters. The minimum Gasteiger partial charge on any atom is -0.394 e. The van der Waals surface area contributed by atoms with Crippen LogP contribution in [0.5, 0.6) is 0 Å². The monoisotopic (exact) mass is 344 g/mol.